The Labute approximate surface area is 139 Å². The molecule has 0 spiro atoms. The number of carbonyl (C=O) groups is 1. The number of rotatable bonds is 6. The van der Waals surface area contributed by atoms with Crippen LogP contribution in [0, 0.1) is 0 Å². The predicted octanol–water partition coefficient (Wildman–Crippen LogP) is 3.15. The maximum absolute atomic E-state index is 12.1. The maximum atomic E-state index is 12.1. The molecule has 1 amide bonds. The van der Waals surface area contributed by atoms with Crippen LogP contribution in [0.15, 0.2) is 42.6 Å². The lowest BCUT2D eigenvalue weighted by molar-refractivity contribution is -0.116. The molecule has 1 aromatic heterocycles. The van der Waals surface area contributed by atoms with Crippen molar-refractivity contribution < 1.29 is 14.3 Å². The zero-order chi connectivity index (χ0) is 16.9. The van der Waals surface area contributed by atoms with Gasteiger partial charge in [0.05, 0.1) is 25.9 Å². The van der Waals surface area contributed by atoms with Crippen molar-refractivity contribution in [3.8, 4) is 11.5 Å². The molecule has 6 nitrogen and oxygen atoms in total. The Morgan fingerprint density at radius 3 is 2.75 bits per heavy atom. The minimum absolute atomic E-state index is 0.0346. The number of ether oxygens (including phenoxy) is 2. The molecule has 2 aromatic carbocycles. The van der Waals surface area contributed by atoms with Crippen molar-refractivity contribution in [1.29, 1.82) is 0 Å². The lowest BCUT2D eigenvalue weighted by atomic mass is 10.1. The zero-order valence-electron chi connectivity index (χ0n) is 13.6. The van der Waals surface area contributed by atoms with Crippen LogP contribution in [-0.4, -0.2) is 30.3 Å². The minimum atomic E-state index is -0.0346. The molecule has 0 radical (unpaired) electrons. The number of amides is 1. The molecule has 124 valence electrons. The first-order chi connectivity index (χ1) is 11.7. The van der Waals surface area contributed by atoms with Gasteiger partial charge in [0.2, 0.25) is 5.91 Å². The van der Waals surface area contributed by atoms with Crippen LogP contribution in [-0.2, 0) is 11.2 Å². The van der Waals surface area contributed by atoms with Crippen molar-refractivity contribution in [3.63, 3.8) is 0 Å². The molecule has 0 bridgehead atoms. The molecule has 0 aliphatic carbocycles. The van der Waals surface area contributed by atoms with Gasteiger partial charge in [-0.05, 0) is 42.3 Å². The van der Waals surface area contributed by atoms with Crippen molar-refractivity contribution in [2.24, 2.45) is 0 Å². The zero-order valence-corrected chi connectivity index (χ0v) is 13.6. The summed E-state index contributed by atoms with van der Waals surface area (Å²) in [6.07, 6.45) is 2.74. The first-order valence-corrected chi connectivity index (χ1v) is 7.63. The number of aryl methyl sites for hydroxylation is 1. The molecule has 0 fully saturated rings. The summed E-state index contributed by atoms with van der Waals surface area (Å²) in [6, 6.07) is 11.3. The average Bonchev–Trinajstić information content (AvgIpc) is 3.07. The number of methoxy groups -OCH3 is 2. The molecule has 0 saturated carbocycles. The lowest BCUT2D eigenvalue weighted by Gasteiger charge is -2.10. The van der Waals surface area contributed by atoms with E-state index in [2.05, 4.69) is 15.5 Å². The number of hydrogen-bond acceptors (Lipinski definition) is 4. The van der Waals surface area contributed by atoms with Gasteiger partial charge in [-0.3, -0.25) is 9.89 Å². The van der Waals surface area contributed by atoms with Crippen LogP contribution in [0.3, 0.4) is 0 Å². The third-order valence-corrected chi connectivity index (χ3v) is 3.81. The summed E-state index contributed by atoms with van der Waals surface area (Å²) in [7, 11) is 3.20. The van der Waals surface area contributed by atoms with E-state index in [1.807, 2.05) is 36.4 Å². The van der Waals surface area contributed by atoms with Crippen LogP contribution < -0.4 is 14.8 Å². The Balaban J connectivity index is 1.60. The van der Waals surface area contributed by atoms with Crippen LogP contribution >= 0.6 is 0 Å². The highest BCUT2D eigenvalue weighted by Gasteiger charge is 2.08. The van der Waals surface area contributed by atoms with Crippen LogP contribution in [0.5, 0.6) is 11.5 Å². The second-order valence-corrected chi connectivity index (χ2v) is 5.41. The van der Waals surface area contributed by atoms with E-state index >= 15 is 0 Å². The van der Waals surface area contributed by atoms with Crippen LogP contribution in [0.25, 0.3) is 10.9 Å². The van der Waals surface area contributed by atoms with E-state index in [-0.39, 0.29) is 5.91 Å². The maximum Gasteiger partial charge on any atom is 0.224 e. The highest BCUT2D eigenvalue weighted by Crippen LogP contribution is 2.28. The van der Waals surface area contributed by atoms with Gasteiger partial charge in [0.1, 0.15) is 0 Å². The third kappa shape index (κ3) is 3.48. The van der Waals surface area contributed by atoms with E-state index in [1.165, 1.54) is 0 Å². The van der Waals surface area contributed by atoms with Gasteiger partial charge in [-0.15, -0.1) is 0 Å². The molecule has 0 aliphatic rings. The fourth-order valence-corrected chi connectivity index (χ4v) is 2.54. The van der Waals surface area contributed by atoms with E-state index in [0.29, 0.717) is 24.3 Å². The summed E-state index contributed by atoms with van der Waals surface area (Å²) in [5.74, 6) is 1.31. The second-order valence-electron chi connectivity index (χ2n) is 5.41. The fourth-order valence-electron chi connectivity index (χ4n) is 2.54. The van der Waals surface area contributed by atoms with Crippen molar-refractivity contribution in [2.45, 2.75) is 12.8 Å². The van der Waals surface area contributed by atoms with Gasteiger partial charge in [-0.1, -0.05) is 6.07 Å². The highest BCUT2D eigenvalue weighted by molar-refractivity contribution is 5.93. The number of anilines is 1. The molecule has 0 atom stereocenters. The van der Waals surface area contributed by atoms with Crippen molar-refractivity contribution in [3.05, 3.63) is 48.2 Å². The molecule has 2 N–H and O–H groups in total. The Morgan fingerprint density at radius 1 is 1.12 bits per heavy atom. The summed E-state index contributed by atoms with van der Waals surface area (Å²) < 4.78 is 10.5. The van der Waals surface area contributed by atoms with E-state index in [0.717, 1.165) is 22.2 Å². The molecule has 3 aromatic rings. The fraction of sp³-hybridized carbons (Fsp3) is 0.222. The number of fused-ring (bicyclic) bond motifs is 1. The SMILES string of the molecule is COc1ccc(CCC(=O)Nc2ccc3[nH]ncc3c2)cc1OC. The normalized spacial score (nSPS) is 10.6. The van der Waals surface area contributed by atoms with Crippen LogP contribution in [0.4, 0.5) is 5.69 Å². The molecular weight excluding hydrogens is 306 g/mol. The second kappa shape index (κ2) is 7.04. The highest BCUT2D eigenvalue weighted by atomic mass is 16.5. The van der Waals surface area contributed by atoms with Gasteiger partial charge in [-0.25, -0.2) is 0 Å². The van der Waals surface area contributed by atoms with Crippen molar-refractivity contribution in [2.75, 3.05) is 19.5 Å². The first kappa shape index (κ1) is 15.9. The first-order valence-electron chi connectivity index (χ1n) is 7.63. The predicted molar refractivity (Wildman–Crippen MR) is 92.6 cm³/mol. The summed E-state index contributed by atoms with van der Waals surface area (Å²) in [5, 5.41) is 10.7. The Hall–Kier alpha value is -3.02. The van der Waals surface area contributed by atoms with Crippen LogP contribution in [0.2, 0.25) is 0 Å². The molecule has 3 rings (SSSR count). The summed E-state index contributed by atoms with van der Waals surface area (Å²) in [4.78, 5) is 12.1. The van der Waals surface area contributed by atoms with E-state index < -0.39 is 0 Å². The van der Waals surface area contributed by atoms with Gasteiger partial charge >= 0.3 is 0 Å². The minimum Gasteiger partial charge on any atom is -0.493 e. The molecule has 0 aliphatic heterocycles. The number of nitrogens with zero attached hydrogens (tertiary/aromatic N) is 1. The van der Waals surface area contributed by atoms with Gasteiger partial charge in [-0.2, -0.15) is 5.10 Å². The number of nitrogens with one attached hydrogen (secondary N) is 2. The van der Waals surface area contributed by atoms with Gasteiger partial charge in [0, 0.05) is 17.5 Å². The van der Waals surface area contributed by atoms with Crippen molar-refractivity contribution >= 4 is 22.5 Å². The summed E-state index contributed by atoms with van der Waals surface area (Å²) >= 11 is 0. The van der Waals surface area contributed by atoms with Gasteiger partial charge < -0.3 is 14.8 Å². The summed E-state index contributed by atoms with van der Waals surface area (Å²) in [6.45, 7) is 0. The molecule has 0 saturated heterocycles. The quantitative estimate of drug-likeness (QED) is 0.730. The molecule has 0 unspecified atom stereocenters. The average molecular weight is 325 g/mol. The number of hydrogen-bond donors (Lipinski definition) is 2. The standard InChI is InChI=1S/C18H19N3O3/c1-23-16-7-3-12(9-17(16)24-2)4-8-18(22)20-14-5-6-15-13(10-14)11-19-21-15/h3,5-7,9-11H,4,8H2,1-2H3,(H,19,21)(H,20,22). The number of benzene rings is 2. The third-order valence-electron chi connectivity index (χ3n) is 3.81. The number of aromatic nitrogens is 2. The largest absolute Gasteiger partial charge is 0.493 e. The Kier molecular flexibility index (Phi) is 4.65. The number of H-pyrrole nitrogens is 1. The van der Waals surface area contributed by atoms with Crippen LogP contribution in [0.1, 0.15) is 12.0 Å². The topological polar surface area (TPSA) is 76.2 Å². The molecule has 6 heteroatoms. The monoisotopic (exact) mass is 325 g/mol. The van der Waals surface area contributed by atoms with E-state index in [1.54, 1.807) is 20.4 Å². The van der Waals surface area contributed by atoms with E-state index in [9.17, 15) is 4.79 Å². The van der Waals surface area contributed by atoms with Gasteiger partial charge in [0.15, 0.2) is 11.5 Å². The Bertz CT molecular complexity index is 858. The van der Waals surface area contributed by atoms with E-state index in [4.69, 9.17) is 9.47 Å². The lowest BCUT2D eigenvalue weighted by Crippen LogP contribution is -2.12. The number of carbonyl (C=O) groups excluding carboxylic acids is 1. The van der Waals surface area contributed by atoms with Crippen molar-refractivity contribution in [1.82, 2.24) is 10.2 Å². The molecule has 1 heterocycles. The number of aromatic amines is 1. The summed E-state index contributed by atoms with van der Waals surface area (Å²) in [5.41, 5.74) is 2.73. The smallest absolute Gasteiger partial charge is 0.224 e. The molecular formula is C18H19N3O3. The Morgan fingerprint density at radius 2 is 1.96 bits per heavy atom. The van der Waals surface area contributed by atoms with Gasteiger partial charge in [0.25, 0.3) is 0 Å². The molecule has 24 heavy (non-hydrogen) atoms.